The summed E-state index contributed by atoms with van der Waals surface area (Å²) in [6, 6.07) is 9.49. The molecule has 1 aromatic rings. The second-order valence-electron chi connectivity index (χ2n) is 4.12. The predicted octanol–water partition coefficient (Wildman–Crippen LogP) is 2.15. The van der Waals surface area contributed by atoms with Crippen molar-refractivity contribution in [2.45, 2.75) is 19.8 Å². The van der Waals surface area contributed by atoms with Crippen molar-refractivity contribution in [1.29, 1.82) is 0 Å². The number of rotatable bonds is 7. The van der Waals surface area contributed by atoms with Crippen LogP contribution in [0.25, 0.3) is 0 Å². The van der Waals surface area contributed by atoms with Gasteiger partial charge in [0.1, 0.15) is 0 Å². The van der Waals surface area contributed by atoms with Gasteiger partial charge in [0.2, 0.25) is 0 Å². The number of carbonyl (C=O) groups excluding carboxylic acids is 1. The summed E-state index contributed by atoms with van der Waals surface area (Å²) in [5.74, 6) is 0.134. The SMILES string of the molecule is CCCCN(CCNC)C(=O)c1ccccc1. The van der Waals surface area contributed by atoms with E-state index in [4.69, 9.17) is 0 Å². The number of likely N-dealkylation sites (N-methyl/N-ethyl adjacent to an activating group) is 1. The average Bonchev–Trinajstić information content (AvgIpc) is 2.39. The van der Waals surface area contributed by atoms with E-state index in [1.807, 2.05) is 42.3 Å². The number of unbranched alkanes of at least 4 members (excludes halogenated alkanes) is 1. The maximum Gasteiger partial charge on any atom is 0.253 e. The van der Waals surface area contributed by atoms with Gasteiger partial charge in [0.05, 0.1) is 0 Å². The predicted molar refractivity (Wildman–Crippen MR) is 71.2 cm³/mol. The van der Waals surface area contributed by atoms with Gasteiger partial charge in [-0.25, -0.2) is 0 Å². The van der Waals surface area contributed by atoms with Crippen LogP contribution in [0.5, 0.6) is 0 Å². The van der Waals surface area contributed by atoms with Crippen LogP contribution < -0.4 is 5.32 Å². The zero-order valence-corrected chi connectivity index (χ0v) is 10.8. The molecule has 1 amide bonds. The highest BCUT2D eigenvalue weighted by Crippen LogP contribution is 2.05. The molecular formula is C14H22N2O. The molecule has 0 atom stereocenters. The minimum absolute atomic E-state index is 0.134. The van der Waals surface area contributed by atoms with Gasteiger partial charge < -0.3 is 10.2 Å². The molecule has 17 heavy (non-hydrogen) atoms. The summed E-state index contributed by atoms with van der Waals surface area (Å²) in [5, 5.41) is 3.09. The van der Waals surface area contributed by atoms with E-state index >= 15 is 0 Å². The summed E-state index contributed by atoms with van der Waals surface area (Å²) < 4.78 is 0. The zero-order valence-electron chi connectivity index (χ0n) is 10.8. The van der Waals surface area contributed by atoms with Crippen molar-refractivity contribution in [3.8, 4) is 0 Å². The van der Waals surface area contributed by atoms with Gasteiger partial charge in [0.15, 0.2) is 0 Å². The van der Waals surface area contributed by atoms with E-state index in [2.05, 4.69) is 12.2 Å². The molecule has 3 nitrogen and oxygen atoms in total. The third-order valence-electron chi connectivity index (χ3n) is 2.72. The summed E-state index contributed by atoms with van der Waals surface area (Å²) in [4.78, 5) is 14.2. The Bertz CT molecular complexity index is 316. The Morgan fingerprint density at radius 3 is 2.53 bits per heavy atom. The van der Waals surface area contributed by atoms with E-state index in [1.54, 1.807) is 0 Å². The second-order valence-corrected chi connectivity index (χ2v) is 4.12. The van der Waals surface area contributed by atoms with Crippen molar-refractivity contribution < 1.29 is 4.79 Å². The number of hydrogen-bond donors (Lipinski definition) is 1. The number of benzene rings is 1. The fraction of sp³-hybridized carbons (Fsp3) is 0.500. The quantitative estimate of drug-likeness (QED) is 0.784. The van der Waals surface area contributed by atoms with Crippen LogP contribution in [0.2, 0.25) is 0 Å². The lowest BCUT2D eigenvalue weighted by Crippen LogP contribution is -2.36. The minimum Gasteiger partial charge on any atom is -0.337 e. The third kappa shape index (κ3) is 4.57. The van der Waals surface area contributed by atoms with Crippen molar-refractivity contribution in [3.63, 3.8) is 0 Å². The molecule has 1 N–H and O–H groups in total. The van der Waals surface area contributed by atoms with E-state index in [-0.39, 0.29) is 5.91 Å². The molecule has 0 bridgehead atoms. The van der Waals surface area contributed by atoms with Crippen LogP contribution in [0.1, 0.15) is 30.1 Å². The summed E-state index contributed by atoms with van der Waals surface area (Å²) >= 11 is 0. The number of carbonyl (C=O) groups is 1. The average molecular weight is 234 g/mol. The Morgan fingerprint density at radius 1 is 1.24 bits per heavy atom. The van der Waals surface area contributed by atoms with Crippen molar-refractivity contribution in [3.05, 3.63) is 35.9 Å². The van der Waals surface area contributed by atoms with Crippen molar-refractivity contribution >= 4 is 5.91 Å². The lowest BCUT2D eigenvalue weighted by molar-refractivity contribution is 0.0755. The maximum atomic E-state index is 12.3. The lowest BCUT2D eigenvalue weighted by Gasteiger charge is -2.22. The molecular weight excluding hydrogens is 212 g/mol. The summed E-state index contributed by atoms with van der Waals surface area (Å²) in [7, 11) is 1.91. The van der Waals surface area contributed by atoms with Crippen molar-refractivity contribution in [1.82, 2.24) is 10.2 Å². The number of nitrogens with one attached hydrogen (secondary N) is 1. The first-order valence-corrected chi connectivity index (χ1v) is 6.28. The Balaban J connectivity index is 2.64. The van der Waals surface area contributed by atoms with Crippen LogP contribution in [0.15, 0.2) is 30.3 Å². The third-order valence-corrected chi connectivity index (χ3v) is 2.72. The molecule has 0 radical (unpaired) electrons. The van der Waals surface area contributed by atoms with E-state index in [0.717, 1.165) is 38.0 Å². The van der Waals surface area contributed by atoms with Gasteiger partial charge in [-0.15, -0.1) is 0 Å². The van der Waals surface area contributed by atoms with E-state index in [9.17, 15) is 4.79 Å². The summed E-state index contributed by atoms with van der Waals surface area (Å²) in [5.41, 5.74) is 0.778. The molecule has 0 aliphatic heterocycles. The van der Waals surface area contributed by atoms with E-state index in [0.29, 0.717) is 0 Å². The van der Waals surface area contributed by atoms with Crippen LogP contribution >= 0.6 is 0 Å². The fourth-order valence-corrected chi connectivity index (χ4v) is 1.67. The smallest absolute Gasteiger partial charge is 0.253 e. The minimum atomic E-state index is 0.134. The molecule has 0 fully saturated rings. The molecule has 0 unspecified atom stereocenters. The highest BCUT2D eigenvalue weighted by molar-refractivity contribution is 5.94. The molecule has 0 spiro atoms. The van der Waals surface area contributed by atoms with E-state index in [1.165, 1.54) is 0 Å². The molecule has 1 rings (SSSR count). The lowest BCUT2D eigenvalue weighted by atomic mass is 10.2. The number of nitrogens with zero attached hydrogens (tertiary/aromatic N) is 1. The standard InChI is InChI=1S/C14H22N2O/c1-3-4-11-16(12-10-15-2)14(17)13-8-6-5-7-9-13/h5-9,15H,3-4,10-12H2,1-2H3. The Kier molecular flexibility index (Phi) is 6.33. The van der Waals surface area contributed by atoms with Gasteiger partial charge in [0.25, 0.3) is 5.91 Å². The summed E-state index contributed by atoms with van der Waals surface area (Å²) in [6.07, 6.45) is 2.17. The van der Waals surface area contributed by atoms with Gasteiger partial charge in [-0.05, 0) is 25.6 Å². The first-order valence-electron chi connectivity index (χ1n) is 6.28. The highest BCUT2D eigenvalue weighted by atomic mass is 16.2. The van der Waals surface area contributed by atoms with Gasteiger partial charge in [-0.1, -0.05) is 31.5 Å². The van der Waals surface area contributed by atoms with E-state index < -0.39 is 0 Å². The zero-order chi connectivity index (χ0) is 12.5. The molecule has 94 valence electrons. The summed E-state index contributed by atoms with van der Waals surface area (Å²) in [6.45, 7) is 4.58. The van der Waals surface area contributed by atoms with Crippen molar-refractivity contribution in [2.24, 2.45) is 0 Å². The molecule has 3 heteroatoms. The Labute approximate surface area is 104 Å². The molecule has 1 aromatic carbocycles. The topological polar surface area (TPSA) is 32.3 Å². The maximum absolute atomic E-state index is 12.3. The molecule has 0 saturated carbocycles. The second kappa shape index (κ2) is 7.85. The van der Waals surface area contributed by atoms with Gasteiger partial charge in [0, 0.05) is 25.2 Å². The molecule has 0 heterocycles. The van der Waals surface area contributed by atoms with Crippen LogP contribution in [0.3, 0.4) is 0 Å². The Morgan fingerprint density at radius 2 is 1.94 bits per heavy atom. The van der Waals surface area contributed by atoms with Crippen LogP contribution in [0.4, 0.5) is 0 Å². The monoisotopic (exact) mass is 234 g/mol. The molecule has 0 saturated heterocycles. The molecule has 0 aliphatic rings. The Hall–Kier alpha value is -1.35. The highest BCUT2D eigenvalue weighted by Gasteiger charge is 2.13. The van der Waals surface area contributed by atoms with Crippen LogP contribution in [-0.2, 0) is 0 Å². The first-order chi connectivity index (χ1) is 8.29. The van der Waals surface area contributed by atoms with Gasteiger partial charge >= 0.3 is 0 Å². The number of hydrogen-bond acceptors (Lipinski definition) is 2. The van der Waals surface area contributed by atoms with Crippen molar-refractivity contribution in [2.75, 3.05) is 26.7 Å². The first kappa shape index (κ1) is 13.7. The fourth-order valence-electron chi connectivity index (χ4n) is 1.67. The largest absolute Gasteiger partial charge is 0.337 e. The normalized spacial score (nSPS) is 10.2. The molecule has 0 aliphatic carbocycles. The molecule has 0 aromatic heterocycles. The van der Waals surface area contributed by atoms with Crippen LogP contribution in [0, 0.1) is 0 Å². The van der Waals surface area contributed by atoms with Gasteiger partial charge in [-0.3, -0.25) is 4.79 Å². The van der Waals surface area contributed by atoms with Crippen LogP contribution in [-0.4, -0.2) is 37.5 Å². The number of amides is 1. The van der Waals surface area contributed by atoms with Gasteiger partial charge in [-0.2, -0.15) is 0 Å².